The minimum atomic E-state index is -3.61. The van der Waals surface area contributed by atoms with E-state index in [-0.39, 0.29) is 17.1 Å². The maximum atomic E-state index is 12.4. The third kappa shape index (κ3) is 4.99. The fourth-order valence-electron chi connectivity index (χ4n) is 3.33. The van der Waals surface area contributed by atoms with E-state index in [1.54, 1.807) is 0 Å². The van der Waals surface area contributed by atoms with E-state index in [9.17, 15) is 18.0 Å². The van der Waals surface area contributed by atoms with Gasteiger partial charge in [-0.3, -0.25) is 4.79 Å². The molecule has 0 saturated heterocycles. The molecule has 0 aliphatic heterocycles. The Balaban J connectivity index is 1.73. The number of carbonyl (C=O) groups excluding carboxylic acids is 2. The number of halogens is 1. The van der Waals surface area contributed by atoms with E-state index < -0.39 is 21.7 Å². The Hall–Kier alpha value is -1.90. The molecule has 3 rings (SSSR count). The Kier molecular flexibility index (Phi) is 6.65. The standard InChI is InChI=1S/C20H22ClNO5S2/c1-12-3-8-15-16(11-12)28-19(18(15)20(24)27-2)22-17(23)9-10-29(25,26)14-6-4-13(21)5-7-14/h4-7,12H,3,8-11H2,1-2H3,(H,22,23). The Morgan fingerprint density at radius 1 is 1.28 bits per heavy atom. The maximum Gasteiger partial charge on any atom is 0.341 e. The molecule has 1 aliphatic rings. The number of rotatable bonds is 6. The van der Waals surface area contributed by atoms with E-state index in [1.165, 1.54) is 42.7 Å². The average Bonchev–Trinajstić information content (AvgIpc) is 3.03. The lowest BCUT2D eigenvalue weighted by atomic mass is 9.88. The molecule has 0 bridgehead atoms. The van der Waals surface area contributed by atoms with Crippen molar-refractivity contribution in [3.05, 3.63) is 45.3 Å². The highest BCUT2D eigenvalue weighted by molar-refractivity contribution is 7.91. The Morgan fingerprint density at radius 2 is 1.97 bits per heavy atom. The van der Waals surface area contributed by atoms with Crippen LogP contribution >= 0.6 is 22.9 Å². The molecule has 0 saturated carbocycles. The lowest BCUT2D eigenvalue weighted by molar-refractivity contribution is -0.115. The topological polar surface area (TPSA) is 89.5 Å². The maximum absolute atomic E-state index is 12.4. The predicted molar refractivity (Wildman–Crippen MR) is 114 cm³/mol. The molecule has 1 atom stereocenters. The summed E-state index contributed by atoms with van der Waals surface area (Å²) in [5, 5.41) is 3.60. The monoisotopic (exact) mass is 455 g/mol. The van der Waals surface area contributed by atoms with Gasteiger partial charge in [0, 0.05) is 16.3 Å². The summed E-state index contributed by atoms with van der Waals surface area (Å²) in [5.41, 5.74) is 1.33. The van der Waals surface area contributed by atoms with Crippen molar-refractivity contribution in [3.8, 4) is 0 Å². The van der Waals surface area contributed by atoms with Gasteiger partial charge in [0.1, 0.15) is 5.00 Å². The first-order valence-electron chi connectivity index (χ1n) is 9.22. The fraction of sp³-hybridized carbons (Fsp3) is 0.400. The second kappa shape index (κ2) is 8.85. The number of thiophene rings is 1. The van der Waals surface area contributed by atoms with Crippen molar-refractivity contribution >= 4 is 49.7 Å². The molecule has 156 valence electrons. The van der Waals surface area contributed by atoms with Crippen LogP contribution in [-0.2, 0) is 32.2 Å². The zero-order valence-electron chi connectivity index (χ0n) is 16.2. The van der Waals surface area contributed by atoms with Crippen molar-refractivity contribution in [1.29, 1.82) is 0 Å². The number of nitrogens with one attached hydrogen (secondary N) is 1. The van der Waals surface area contributed by atoms with Gasteiger partial charge < -0.3 is 10.1 Å². The van der Waals surface area contributed by atoms with Gasteiger partial charge in [-0.05, 0) is 55.0 Å². The van der Waals surface area contributed by atoms with Crippen LogP contribution in [0.1, 0.15) is 40.6 Å². The van der Waals surface area contributed by atoms with Crippen LogP contribution < -0.4 is 5.32 Å². The van der Waals surface area contributed by atoms with Gasteiger partial charge >= 0.3 is 5.97 Å². The van der Waals surface area contributed by atoms with Gasteiger partial charge in [0.2, 0.25) is 5.91 Å². The number of methoxy groups -OCH3 is 1. The smallest absolute Gasteiger partial charge is 0.341 e. The van der Waals surface area contributed by atoms with Gasteiger partial charge in [-0.15, -0.1) is 11.3 Å². The molecule has 2 aromatic rings. The third-order valence-corrected chi connectivity index (χ3v) is 8.08. The Labute approximate surface area is 179 Å². The molecule has 1 aromatic carbocycles. The van der Waals surface area contributed by atoms with Crippen molar-refractivity contribution in [2.75, 3.05) is 18.2 Å². The molecule has 29 heavy (non-hydrogen) atoms. The normalized spacial score (nSPS) is 16.2. The van der Waals surface area contributed by atoms with Gasteiger partial charge in [0.05, 0.1) is 23.3 Å². The molecule has 1 N–H and O–H groups in total. The van der Waals surface area contributed by atoms with Crippen molar-refractivity contribution in [2.24, 2.45) is 5.92 Å². The largest absolute Gasteiger partial charge is 0.465 e. The number of carbonyl (C=O) groups is 2. The highest BCUT2D eigenvalue weighted by Crippen LogP contribution is 2.40. The van der Waals surface area contributed by atoms with E-state index in [0.717, 1.165) is 29.7 Å². The lowest BCUT2D eigenvalue weighted by Crippen LogP contribution is -2.19. The van der Waals surface area contributed by atoms with Gasteiger partial charge in [-0.25, -0.2) is 13.2 Å². The first kappa shape index (κ1) is 21.8. The van der Waals surface area contributed by atoms with Crippen LogP contribution in [0.15, 0.2) is 29.2 Å². The molecule has 0 radical (unpaired) electrons. The molecule has 1 amide bonds. The zero-order chi connectivity index (χ0) is 21.2. The highest BCUT2D eigenvalue weighted by Gasteiger charge is 2.29. The number of benzene rings is 1. The summed E-state index contributed by atoms with van der Waals surface area (Å²) in [7, 11) is -2.31. The molecule has 1 heterocycles. The SMILES string of the molecule is COC(=O)c1c(NC(=O)CCS(=O)(=O)c2ccc(Cl)cc2)sc2c1CCC(C)C2. The molecule has 1 aliphatic carbocycles. The third-order valence-electron chi connectivity index (χ3n) is 4.92. The average molecular weight is 456 g/mol. The molecule has 1 aromatic heterocycles. The van der Waals surface area contributed by atoms with Gasteiger partial charge in [0.25, 0.3) is 0 Å². The summed E-state index contributed by atoms with van der Waals surface area (Å²) in [5.74, 6) is -0.768. The van der Waals surface area contributed by atoms with Crippen molar-refractivity contribution < 1.29 is 22.7 Å². The number of fused-ring (bicyclic) bond motifs is 1. The molecular formula is C20H22ClNO5S2. The number of esters is 1. The first-order chi connectivity index (χ1) is 13.7. The van der Waals surface area contributed by atoms with Crippen LogP contribution in [0.3, 0.4) is 0 Å². The Bertz CT molecular complexity index is 1030. The van der Waals surface area contributed by atoms with Gasteiger partial charge in [0.15, 0.2) is 9.84 Å². The first-order valence-corrected chi connectivity index (χ1v) is 12.1. The highest BCUT2D eigenvalue weighted by atomic mass is 35.5. The second-order valence-electron chi connectivity index (χ2n) is 7.12. The minimum Gasteiger partial charge on any atom is -0.465 e. The lowest BCUT2D eigenvalue weighted by Gasteiger charge is -2.18. The number of hydrogen-bond donors (Lipinski definition) is 1. The fourth-order valence-corrected chi connectivity index (χ4v) is 6.11. The molecule has 9 heteroatoms. The summed E-state index contributed by atoms with van der Waals surface area (Å²) < 4.78 is 29.7. The molecule has 0 spiro atoms. The van der Waals surface area contributed by atoms with Crippen LogP contribution in [0, 0.1) is 5.92 Å². The van der Waals surface area contributed by atoms with E-state index in [2.05, 4.69) is 12.2 Å². The van der Waals surface area contributed by atoms with Gasteiger partial charge in [-0.1, -0.05) is 18.5 Å². The van der Waals surface area contributed by atoms with Gasteiger partial charge in [-0.2, -0.15) is 0 Å². The predicted octanol–water partition coefficient (Wildman–Crippen LogP) is 4.12. The van der Waals surface area contributed by atoms with E-state index in [1.807, 2.05) is 0 Å². The molecular weight excluding hydrogens is 434 g/mol. The number of anilines is 1. The number of amides is 1. The van der Waals surface area contributed by atoms with Crippen molar-refractivity contribution in [2.45, 2.75) is 37.5 Å². The van der Waals surface area contributed by atoms with Crippen molar-refractivity contribution in [1.82, 2.24) is 0 Å². The van der Waals surface area contributed by atoms with E-state index >= 15 is 0 Å². The van der Waals surface area contributed by atoms with E-state index in [4.69, 9.17) is 16.3 Å². The zero-order valence-corrected chi connectivity index (χ0v) is 18.5. The van der Waals surface area contributed by atoms with Crippen LogP contribution in [0.25, 0.3) is 0 Å². The summed E-state index contributed by atoms with van der Waals surface area (Å²) in [6.07, 6.45) is 2.37. The minimum absolute atomic E-state index is 0.116. The van der Waals surface area contributed by atoms with Crippen LogP contribution in [0.4, 0.5) is 5.00 Å². The van der Waals surface area contributed by atoms with Crippen molar-refractivity contribution in [3.63, 3.8) is 0 Å². The second-order valence-corrected chi connectivity index (χ2v) is 10.8. The summed E-state index contributed by atoms with van der Waals surface area (Å²) in [4.78, 5) is 25.9. The molecule has 6 nitrogen and oxygen atoms in total. The molecule has 1 unspecified atom stereocenters. The number of sulfone groups is 1. The Morgan fingerprint density at radius 3 is 2.62 bits per heavy atom. The quantitative estimate of drug-likeness (QED) is 0.662. The van der Waals surface area contributed by atoms with E-state index in [0.29, 0.717) is 21.5 Å². The number of hydrogen-bond acceptors (Lipinski definition) is 6. The summed E-state index contributed by atoms with van der Waals surface area (Å²) >= 11 is 7.16. The van der Waals surface area contributed by atoms with Crippen LogP contribution in [-0.4, -0.2) is 33.2 Å². The summed E-state index contributed by atoms with van der Waals surface area (Å²) in [6, 6.07) is 5.82. The summed E-state index contributed by atoms with van der Waals surface area (Å²) in [6.45, 7) is 2.15. The van der Waals surface area contributed by atoms with Crippen LogP contribution in [0.5, 0.6) is 0 Å². The van der Waals surface area contributed by atoms with Crippen LogP contribution in [0.2, 0.25) is 5.02 Å². The number of ether oxygens (including phenoxy) is 1. The molecule has 0 fully saturated rings.